The number of fused-ring (bicyclic) bond motifs is 3. The van der Waals surface area contributed by atoms with E-state index in [4.69, 9.17) is 21.8 Å². The van der Waals surface area contributed by atoms with Crippen LogP contribution < -0.4 is 11.3 Å². The summed E-state index contributed by atoms with van der Waals surface area (Å²) < 4.78 is 35.3. The Bertz CT molecular complexity index is 1310. The predicted octanol–water partition coefficient (Wildman–Crippen LogP) is 4.66. The first-order chi connectivity index (χ1) is 13.0. The summed E-state index contributed by atoms with van der Waals surface area (Å²) in [5.74, 6) is -1.44. The molecule has 2 N–H and O–H groups in total. The van der Waals surface area contributed by atoms with E-state index in [1.165, 1.54) is 6.39 Å². The van der Waals surface area contributed by atoms with Gasteiger partial charge in [0.15, 0.2) is 17.5 Å². The Balaban J connectivity index is 1.92. The number of halogens is 3. The fourth-order valence-corrected chi connectivity index (χ4v) is 3.80. The number of pyridine rings is 1. The van der Waals surface area contributed by atoms with Crippen molar-refractivity contribution in [3.63, 3.8) is 0 Å². The van der Waals surface area contributed by atoms with Crippen LogP contribution in [0.25, 0.3) is 33.1 Å². The lowest BCUT2D eigenvalue weighted by Gasteiger charge is -2.15. The molecule has 1 saturated carbocycles. The van der Waals surface area contributed by atoms with Crippen molar-refractivity contribution < 1.29 is 13.2 Å². The zero-order chi connectivity index (χ0) is 18.9. The maximum Gasteiger partial charge on any atom is 0.281 e. The van der Waals surface area contributed by atoms with Gasteiger partial charge in [0.2, 0.25) is 0 Å². The van der Waals surface area contributed by atoms with E-state index < -0.39 is 11.6 Å². The Morgan fingerprint density at radius 3 is 2.70 bits per heavy atom. The van der Waals surface area contributed by atoms with E-state index in [9.17, 15) is 13.6 Å². The molecule has 0 saturated heterocycles. The minimum Gasteiger partial charge on any atom is -0.443 e. The number of nitrogen functional groups attached to an aromatic ring is 1. The number of hydrogen-bond acceptors (Lipinski definition) is 4. The Hall–Kier alpha value is -2.93. The lowest BCUT2D eigenvalue weighted by atomic mass is 10.0. The van der Waals surface area contributed by atoms with Crippen LogP contribution in [-0.4, -0.2) is 9.55 Å². The summed E-state index contributed by atoms with van der Waals surface area (Å²) in [4.78, 5) is 16.9. The molecule has 5 nitrogen and oxygen atoms in total. The molecule has 4 aromatic rings. The SMILES string of the molecule is Nc1cc(F)c(-c2ccc3c4ocnc4c(=O)n(C4CC4)c3c2Cl)cc1F. The van der Waals surface area contributed by atoms with Crippen molar-refractivity contribution >= 4 is 39.3 Å². The third-order valence-corrected chi connectivity index (χ3v) is 5.26. The Labute approximate surface area is 156 Å². The van der Waals surface area contributed by atoms with Gasteiger partial charge in [-0.3, -0.25) is 4.79 Å². The number of benzene rings is 2. The normalized spacial score (nSPS) is 14.3. The van der Waals surface area contributed by atoms with Crippen LogP contribution >= 0.6 is 11.6 Å². The highest BCUT2D eigenvalue weighted by Crippen LogP contribution is 2.42. The maximum absolute atomic E-state index is 14.4. The van der Waals surface area contributed by atoms with Crippen molar-refractivity contribution in [1.29, 1.82) is 0 Å². The van der Waals surface area contributed by atoms with Crippen molar-refractivity contribution in [1.82, 2.24) is 9.55 Å². The summed E-state index contributed by atoms with van der Waals surface area (Å²) >= 11 is 6.61. The van der Waals surface area contributed by atoms with Gasteiger partial charge in [0.25, 0.3) is 5.56 Å². The molecule has 27 heavy (non-hydrogen) atoms. The molecule has 1 aliphatic rings. The van der Waals surface area contributed by atoms with Gasteiger partial charge >= 0.3 is 0 Å². The lowest BCUT2D eigenvalue weighted by molar-refractivity contribution is 0.604. The average Bonchev–Trinajstić information content (AvgIpc) is 3.34. The van der Waals surface area contributed by atoms with Crippen LogP contribution in [0.4, 0.5) is 14.5 Å². The summed E-state index contributed by atoms with van der Waals surface area (Å²) in [5, 5.41) is 0.747. The number of hydrogen-bond donors (Lipinski definition) is 1. The van der Waals surface area contributed by atoms with Crippen LogP contribution in [0.5, 0.6) is 0 Å². The van der Waals surface area contributed by atoms with Gasteiger partial charge in [-0.2, -0.15) is 0 Å². The second-order valence-corrected chi connectivity index (χ2v) is 6.99. The van der Waals surface area contributed by atoms with Gasteiger partial charge < -0.3 is 14.7 Å². The number of rotatable bonds is 2. The van der Waals surface area contributed by atoms with Crippen molar-refractivity contribution in [2.45, 2.75) is 18.9 Å². The fraction of sp³-hybridized carbons (Fsp3) is 0.158. The summed E-state index contributed by atoms with van der Waals surface area (Å²) in [6.45, 7) is 0. The van der Waals surface area contributed by atoms with Gasteiger partial charge in [0, 0.05) is 28.6 Å². The van der Waals surface area contributed by atoms with Crippen LogP contribution in [0.3, 0.4) is 0 Å². The highest BCUT2D eigenvalue weighted by molar-refractivity contribution is 6.38. The third-order valence-electron chi connectivity index (χ3n) is 4.88. The monoisotopic (exact) mass is 387 g/mol. The van der Waals surface area contributed by atoms with E-state index in [0.29, 0.717) is 16.5 Å². The molecule has 0 radical (unpaired) electrons. The topological polar surface area (TPSA) is 74.1 Å². The largest absolute Gasteiger partial charge is 0.443 e. The zero-order valence-electron chi connectivity index (χ0n) is 13.8. The number of nitrogens with zero attached hydrogens (tertiary/aromatic N) is 2. The average molecular weight is 388 g/mol. The minimum absolute atomic E-state index is 0.00171. The Morgan fingerprint density at radius 2 is 1.96 bits per heavy atom. The van der Waals surface area contributed by atoms with E-state index in [1.54, 1.807) is 16.7 Å². The van der Waals surface area contributed by atoms with E-state index in [0.717, 1.165) is 25.0 Å². The molecular formula is C19H12ClF2N3O2. The number of aromatic nitrogens is 2. The van der Waals surface area contributed by atoms with Gasteiger partial charge in [-0.15, -0.1) is 0 Å². The van der Waals surface area contributed by atoms with Crippen molar-refractivity contribution in [2.75, 3.05) is 5.73 Å². The van der Waals surface area contributed by atoms with E-state index in [1.807, 2.05) is 0 Å². The van der Waals surface area contributed by atoms with Crippen LogP contribution in [0.2, 0.25) is 5.02 Å². The molecule has 0 amide bonds. The highest BCUT2D eigenvalue weighted by Gasteiger charge is 2.30. The molecular weight excluding hydrogens is 376 g/mol. The summed E-state index contributed by atoms with van der Waals surface area (Å²) in [6.07, 6.45) is 2.88. The van der Waals surface area contributed by atoms with E-state index >= 15 is 0 Å². The first-order valence-corrected chi connectivity index (χ1v) is 8.70. The molecule has 0 unspecified atom stereocenters. The number of nitrogens with two attached hydrogens (primary N) is 1. The van der Waals surface area contributed by atoms with Crippen molar-refractivity contribution in [3.8, 4) is 11.1 Å². The van der Waals surface area contributed by atoms with Crippen molar-refractivity contribution in [3.05, 3.63) is 57.7 Å². The first kappa shape index (κ1) is 16.3. The summed E-state index contributed by atoms with van der Waals surface area (Å²) in [5.41, 5.74) is 6.06. The zero-order valence-corrected chi connectivity index (χ0v) is 14.6. The molecule has 1 fully saturated rings. The van der Waals surface area contributed by atoms with Crippen LogP contribution in [0, 0.1) is 11.6 Å². The molecule has 1 aliphatic carbocycles. The van der Waals surface area contributed by atoms with Crippen molar-refractivity contribution in [2.24, 2.45) is 0 Å². The van der Waals surface area contributed by atoms with Gasteiger partial charge in [-0.05, 0) is 25.0 Å². The second kappa shape index (κ2) is 5.53. The van der Waals surface area contributed by atoms with E-state index in [-0.39, 0.29) is 39.0 Å². The summed E-state index contributed by atoms with van der Waals surface area (Å²) in [7, 11) is 0. The Kier molecular flexibility index (Phi) is 3.33. The van der Waals surface area contributed by atoms with Gasteiger partial charge in [0.1, 0.15) is 11.6 Å². The molecule has 2 heterocycles. The van der Waals surface area contributed by atoms with Gasteiger partial charge in [-0.1, -0.05) is 17.7 Å². The molecule has 136 valence electrons. The van der Waals surface area contributed by atoms with Crippen LogP contribution in [-0.2, 0) is 0 Å². The molecule has 0 aliphatic heterocycles. The smallest absolute Gasteiger partial charge is 0.281 e. The molecule has 0 bridgehead atoms. The second-order valence-electron chi connectivity index (χ2n) is 6.61. The fourth-order valence-electron chi connectivity index (χ4n) is 3.45. The molecule has 8 heteroatoms. The van der Waals surface area contributed by atoms with Gasteiger partial charge in [-0.25, -0.2) is 13.8 Å². The molecule has 5 rings (SSSR count). The first-order valence-electron chi connectivity index (χ1n) is 8.32. The van der Waals surface area contributed by atoms with E-state index in [2.05, 4.69) is 4.98 Å². The minimum atomic E-state index is -0.743. The lowest BCUT2D eigenvalue weighted by Crippen LogP contribution is -2.20. The predicted molar refractivity (Wildman–Crippen MR) is 98.8 cm³/mol. The van der Waals surface area contributed by atoms with Crippen LogP contribution in [0.15, 0.2) is 39.9 Å². The molecule has 0 spiro atoms. The third kappa shape index (κ3) is 2.28. The highest BCUT2D eigenvalue weighted by atomic mass is 35.5. The molecule has 2 aromatic carbocycles. The number of oxazole rings is 1. The molecule has 2 aromatic heterocycles. The molecule has 0 atom stereocenters. The Morgan fingerprint density at radius 1 is 1.19 bits per heavy atom. The summed E-state index contributed by atoms with van der Waals surface area (Å²) in [6, 6.07) is 5.17. The maximum atomic E-state index is 14.4. The van der Waals surface area contributed by atoms with Gasteiger partial charge in [0.05, 0.1) is 16.2 Å². The van der Waals surface area contributed by atoms with Crippen LogP contribution in [0.1, 0.15) is 18.9 Å². The standard InChI is InChI=1S/C19H12ClF2N3O2/c20-15-9(11-5-13(22)14(23)6-12(11)21)3-4-10-17(15)25(8-1-2-8)19(26)16-18(10)27-7-24-16/h3-8H,1-2,23H2. The quantitative estimate of drug-likeness (QED) is 0.508. The number of anilines is 1.